The highest BCUT2D eigenvalue weighted by molar-refractivity contribution is 5.83. The van der Waals surface area contributed by atoms with Gasteiger partial charge in [0.2, 0.25) is 0 Å². The molecule has 1 saturated heterocycles. The number of likely N-dealkylation sites (tertiary alicyclic amines) is 1. The highest BCUT2D eigenvalue weighted by atomic mass is 16.5. The lowest BCUT2D eigenvalue weighted by Gasteiger charge is -2.38. The van der Waals surface area contributed by atoms with Crippen LogP contribution in [0.15, 0.2) is 33.5 Å². The van der Waals surface area contributed by atoms with E-state index in [0.717, 1.165) is 43.3 Å². The van der Waals surface area contributed by atoms with Crippen LogP contribution in [0.2, 0.25) is 0 Å². The Bertz CT molecular complexity index is 922. The highest BCUT2D eigenvalue weighted by Gasteiger charge is 2.44. The molecule has 2 aliphatic rings. The van der Waals surface area contributed by atoms with E-state index in [-0.39, 0.29) is 17.6 Å². The zero-order chi connectivity index (χ0) is 19.8. The van der Waals surface area contributed by atoms with Gasteiger partial charge in [-0.05, 0) is 43.9 Å². The second-order valence-corrected chi connectivity index (χ2v) is 7.90. The van der Waals surface area contributed by atoms with Crippen molar-refractivity contribution < 1.29 is 18.7 Å². The van der Waals surface area contributed by atoms with Crippen LogP contribution in [-0.2, 0) is 16.0 Å². The third-order valence-electron chi connectivity index (χ3n) is 6.17. The first-order valence-electron chi connectivity index (χ1n) is 10.0. The molecule has 0 radical (unpaired) electrons. The smallest absolute Gasteiger partial charge is 0.336 e. The fourth-order valence-electron chi connectivity index (χ4n) is 4.83. The van der Waals surface area contributed by atoms with E-state index >= 15 is 0 Å². The van der Waals surface area contributed by atoms with Gasteiger partial charge in [0.1, 0.15) is 11.3 Å². The molecule has 1 aromatic carbocycles. The van der Waals surface area contributed by atoms with Crippen LogP contribution in [0.1, 0.15) is 32.3 Å². The molecule has 2 unspecified atom stereocenters. The summed E-state index contributed by atoms with van der Waals surface area (Å²) < 4.78 is 16.9. The third kappa shape index (κ3) is 3.41. The van der Waals surface area contributed by atoms with Crippen molar-refractivity contribution in [1.82, 2.24) is 4.90 Å². The van der Waals surface area contributed by atoms with Gasteiger partial charge in [-0.25, -0.2) is 4.79 Å². The van der Waals surface area contributed by atoms with E-state index in [1.165, 1.54) is 6.07 Å². The second kappa shape index (κ2) is 7.59. The predicted molar refractivity (Wildman–Crippen MR) is 106 cm³/mol. The largest absolute Gasteiger partial charge is 0.481 e. The zero-order valence-corrected chi connectivity index (χ0v) is 16.6. The monoisotopic (exact) mass is 385 g/mol. The van der Waals surface area contributed by atoms with E-state index in [1.807, 2.05) is 24.0 Å². The quantitative estimate of drug-likeness (QED) is 0.740. The van der Waals surface area contributed by atoms with Gasteiger partial charge >= 0.3 is 5.63 Å². The molecule has 0 N–H and O–H groups in total. The van der Waals surface area contributed by atoms with Crippen molar-refractivity contribution in [3.63, 3.8) is 0 Å². The summed E-state index contributed by atoms with van der Waals surface area (Å²) in [6, 6.07) is 6.92. The van der Waals surface area contributed by atoms with Crippen molar-refractivity contribution in [2.75, 3.05) is 20.2 Å². The molecule has 1 aromatic heterocycles. The van der Waals surface area contributed by atoms with Gasteiger partial charge < -0.3 is 18.8 Å². The van der Waals surface area contributed by atoms with E-state index in [2.05, 4.69) is 0 Å². The minimum absolute atomic E-state index is 0.00434. The Morgan fingerprint density at radius 1 is 1.25 bits per heavy atom. The molecule has 2 fully saturated rings. The Hall–Kier alpha value is -2.34. The van der Waals surface area contributed by atoms with Gasteiger partial charge in [0.05, 0.1) is 6.10 Å². The third-order valence-corrected chi connectivity index (χ3v) is 6.17. The molecule has 2 bridgehead atoms. The molecule has 4 rings (SSSR count). The number of amides is 1. The SMILES string of the molecule is CCc1cc(=O)oc2cc(OC(C)C(=O)N3C[C@H]4CC[C@@H](C3)C4OC)ccc12. The van der Waals surface area contributed by atoms with Gasteiger partial charge in [-0.15, -0.1) is 0 Å². The first-order valence-corrected chi connectivity index (χ1v) is 10.0. The lowest BCUT2D eigenvalue weighted by molar-refractivity contribution is -0.143. The summed E-state index contributed by atoms with van der Waals surface area (Å²) in [6.45, 7) is 5.23. The van der Waals surface area contributed by atoms with Crippen molar-refractivity contribution in [2.24, 2.45) is 11.8 Å². The molecule has 6 heteroatoms. The number of piperidine rings is 1. The standard InChI is InChI=1S/C22H27NO5/c1-4-14-9-20(24)28-19-10-17(7-8-18(14)19)27-13(2)22(25)23-11-15-5-6-16(12-23)21(15)26-3/h7-10,13,15-16,21H,4-6,11-12H2,1-3H3/t13?,15-,16+,21?. The van der Waals surface area contributed by atoms with Crippen molar-refractivity contribution in [1.29, 1.82) is 0 Å². The number of hydrogen-bond acceptors (Lipinski definition) is 5. The molecule has 1 amide bonds. The first kappa shape index (κ1) is 19.0. The van der Waals surface area contributed by atoms with Crippen LogP contribution >= 0.6 is 0 Å². The van der Waals surface area contributed by atoms with E-state index in [1.54, 1.807) is 20.1 Å². The molecule has 1 saturated carbocycles. The predicted octanol–water partition coefficient (Wildman–Crippen LogP) is 3.01. The highest BCUT2D eigenvalue weighted by Crippen LogP contribution is 2.38. The van der Waals surface area contributed by atoms with Crippen LogP contribution in [0.3, 0.4) is 0 Å². The van der Waals surface area contributed by atoms with Crippen LogP contribution in [0.25, 0.3) is 11.0 Å². The van der Waals surface area contributed by atoms with Gasteiger partial charge in [0.25, 0.3) is 5.91 Å². The Morgan fingerprint density at radius 3 is 2.61 bits per heavy atom. The summed E-state index contributed by atoms with van der Waals surface area (Å²) in [7, 11) is 1.77. The van der Waals surface area contributed by atoms with Gasteiger partial charge in [-0.2, -0.15) is 0 Å². The maximum atomic E-state index is 12.9. The zero-order valence-electron chi connectivity index (χ0n) is 16.6. The van der Waals surface area contributed by atoms with Crippen molar-refractivity contribution in [3.8, 4) is 5.75 Å². The van der Waals surface area contributed by atoms with Crippen LogP contribution in [0.4, 0.5) is 0 Å². The minimum atomic E-state index is -0.600. The van der Waals surface area contributed by atoms with Gasteiger partial charge in [-0.1, -0.05) is 6.92 Å². The number of benzene rings is 1. The Labute approximate surface area is 164 Å². The topological polar surface area (TPSA) is 69.0 Å². The average molecular weight is 385 g/mol. The van der Waals surface area contributed by atoms with E-state index in [4.69, 9.17) is 13.9 Å². The van der Waals surface area contributed by atoms with Crippen molar-refractivity contribution >= 4 is 16.9 Å². The molecule has 1 aliphatic heterocycles. The molecule has 150 valence electrons. The van der Waals surface area contributed by atoms with Crippen LogP contribution in [0.5, 0.6) is 5.75 Å². The number of carbonyl (C=O) groups excluding carboxylic acids is 1. The van der Waals surface area contributed by atoms with Gasteiger partial charge in [-0.3, -0.25) is 4.79 Å². The fourth-order valence-corrected chi connectivity index (χ4v) is 4.83. The molecular weight excluding hydrogens is 358 g/mol. The molecule has 1 aliphatic carbocycles. The van der Waals surface area contributed by atoms with Crippen molar-refractivity contribution in [3.05, 3.63) is 40.2 Å². The van der Waals surface area contributed by atoms with E-state index in [0.29, 0.717) is 23.2 Å². The molecule has 2 aromatic rings. The molecule has 2 heterocycles. The minimum Gasteiger partial charge on any atom is -0.481 e. The number of carbonyl (C=O) groups is 1. The number of methoxy groups -OCH3 is 1. The van der Waals surface area contributed by atoms with E-state index in [9.17, 15) is 9.59 Å². The average Bonchev–Trinajstić information content (AvgIpc) is 2.93. The Kier molecular flexibility index (Phi) is 5.15. The summed E-state index contributed by atoms with van der Waals surface area (Å²) in [5.41, 5.74) is 1.06. The maximum absolute atomic E-state index is 12.9. The number of rotatable bonds is 5. The summed E-state index contributed by atoms with van der Waals surface area (Å²) >= 11 is 0. The number of aryl methyl sites for hydroxylation is 1. The lowest BCUT2D eigenvalue weighted by Crippen LogP contribution is -2.51. The molecule has 28 heavy (non-hydrogen) atoms. The number of fused-ring (bicyclic) bond motifs is 3. The Morgan fingerprint density at radius 2 is 1.96 bits per heavy atom. The lowest BCUT2D eigenvalue weighted by atomic mass is 9.94. The number of ether oxygens (including phenoxy) is 2. The maximum Gasteiger partial charge on any atom is 0.336 e. The van der Waals surface area contributed by atoms with Gasteiger partial charge in [0, 0.05) is 49.6 Å². The molecule has 4 atom stereocenters. The van der Waals surface area contributed by atoms with Crippen LogP contribution in [0, 0.1) is 11.8 Å². The number of nitrogens with zero attached hydrogens (tertiary/aromatic N) is 1. The van der Waals surface area contributed by atoms with Crippen molar-refractivity contribution in [2.45, 2.75) is 45.3 Å². The normalized spacial score (nSPS) is 25.1. The van der Waals surface area contributed by atoms with Crippen LogP contribution in [-0.4, -0.2) is 43.2 Å². The first-order chi connectivity index (χ1) is 13.5. The molecular formula is C22H27NO5. The summed E-state index contributed by atoms with van der Waals surface area (Å²) in [5, 5.41) is 0.895. The molecule has 0 spiro atoms. The van der Waals surface area contributed by atoms with Crippen LogP contribution < -0.4 is 10.4 Å². The van der Waals surface area contributed by atoms with Gasteiger partial charge in [0.15, 0.2) is 6.10 Å². The Balaban J connectivity index is 1.48. The molecule has 6 nitrogen and oxygen atoms in total. The second-order valence-electron chi connectivity index (χ2n) is 7.90. The van der Waals surface area contributed by atoms with E-state index < -0.39 is 6.10 Å². The summed E-state index contributed by atoms with van der Waals surface area (Å²) in [5.74, 6) is 1.36. The summed E-state index contributed by atoms with van der Waals surface area (Å²) in [6.07, 6.45) is 2.65. The fraction of sp³-hybridized carbons (Fsp3) is 0.545. The summed E-state index contributed by atoms with van der Waals surface area (Å²) in [4.78, 5) is 26.6. The number of hydrogen-bond donors (Lipinski definition) is 0.